The van der Waals surface area contributed by atoms with Gasteiger partial charge in [0.2, 0.25) is 0 Å². The molecule has 88 valence electrons. The standard InChI is InChI=1S/C11H14O5/c1-7-4-11(9(13)15-2,10(14)16-3)5-8(7)6-12/h6,8H,1,4-5H2,2-3H3. The zero-order valence-electron chi connectivity index (χ0n) is 9.32. The first-order valence-electron chi connectivity index (χ1n) is 4.81. The fraction of sp³-hybridized carbons (Fsp3) is 0.545. The Morgan fingerprint density at radius 1 is 1.38 bits per heavy atom. The molecule has 0 aromatic heterocycles. The molecule has 0 aromatic rings. The maximum absolute atomic E-state index is 11.7. The molecule has 5 heteroatoms. The molecule has 16 heavy (non-hydrogen) atoms. The molecule has 1 aliphatic carbocycles. The fourth-order valence-electron chi connectivity index (χ4n) is 2.04. The third-order valence-corrected chi connectivity index (χ3v) is 2.94. The van der Waals surface area contributed by atoms with E-state index in [0.717, 1.165) is 0 Å². The van der Waals surface area contributed by atoms with Crippen molar-refractivity contribution < 1.29 is 23.9 Å². The van der Waals surface area contributed by atoms with Crippen molar-refractivity contribution in [3.63, 3.8) is 0 Å². The second kappa shape index (κ2) is 4.47. The molecular weight excluding hydrogens is 212 g/mol. The van der Waals surface area contributed by atoms with Crippen molar-refractivity contribution in [2.24, 2.45) is 11.3 Å². The Labute approximate surface area is 93.4 Å². The Morgan fingerprint density at radius 2 is 1.88 bits per heavy atom. The van der Waals surface area contributed by atoms with E-state index >= 15 is 0 Å². The number of methoxy groups -OCH3 is 2. The summed E-state index contributed by atoms with van der Waals surface area (Å²) in [4.78, 5) is 34.1. The van der Waals surface area contributed by atoms with Crippen molar-refractivity contribution in [2.45, 2.75) is 12.8 Å². The largest absolute Gasteiger partial charge is 0.468 e. The summed E-state index contributed by atoms with van der Waals surface area (Å²) < 4.78 is 9.21. The summed E-state index contributed by atoms with van der Waals surface area (Å²) in [5.41, 5.74) is -0.836. The monoisotopic (exact) mass is 226 g/mol. The molecule has 0 N–H and O–H groups in total. The van der Waals surface area contributed by atoms with E-state index in [1.807, 2.05) is 0 Å². The normalized spacial score (nSPS) is 22.6. The Morgan fingerprint density at radius 3 is 2.19 bits per heavy atom. The molecule has 0 spiro atoms. The summed E-state index contributed by atoms with van der Waals surface area (Å²) in [6.07, 6.45) is 0.875. The second-order valence-corrected chi connectivity index (χ2v) is 3.85. The lowest BCUT2D eigenvalue weighted by Crippen LogP contribution is -2.39. The molecular formula is C11H14O5. The van der Waals surface area contributed by atoms with Crippen LogP contribution in [-0.2, 0) is 23.9 Å². The van der Waals surface area contributed by atoms with Crippen LogP contribution in [0.5, 0.6) is 0 Å². The predicted octanol–water partition coefficient (Wildman–Crippen LogP) is 0.484. The molecule has 0 bridgehead atoms. The Balaban J connectivity index is 3.09. The van der Waals surface area contributed by atoms with Gasteiger partial charge in [0.15, 0.2) is 5.41 Å². The third-order valence-electron chi connectivity index (χ3n) is 2.94. The molecule has 5 nitrogen and oxygen atoms in total. The SMILES string of the molecule is C=C1CC(C(=O)OC)(C(=O)OC)CC1C=O. The summed E-state index contributed by atoms with van der Waals surface area (Å²) in [5, 5.41) is 0. The van der Waals surface area contributed by atoms with Gasteiger partial charge in [-0.15, -0.1) is 0 Å². The van der Waals surface area contributed by atoms with Crippen LogP contribution in [0, 0.1) is 11.3 Å². The van der Waals surface area contributed by atoms with E-state index in [4.69, 9.17) is 0 Å². The topological polar surface area (TPSA) is 69.7 Å². The van der Waals surface area contributed by atoms with Gasteiger partial charge in [0.25, 0.3) is 0 Å². The molecule has 1 aliphatic rings. The van der Waals surface area contributed by atoms with Gasteiger partial charge in [0.05, 0.1) is 14.2 Å². The van der Waals surface area contributed by atoms with Crippen LogP contribution in [0.4, 0.5) is 0 Å². The first kappa shape index (κ1) is 12.4. The quantitative estimate of drug-likeness (QED) is 0.303. The van der Waals surface area contributed by atoms with Crippen LogP contribution in [0.1, 0.15) is 12.8 Å². The third kappa shape index (κ3) is 1.73. The highest BCUT2D eigenvalue weighted by molar-refractivity contribution is 6.01. The lowest BCUT2D eigenvalue weighted by Gasteiger charge is -2.22. The lowest BCUT2D eigenvalue weighted by molar-refractivity contribution is -0.168. The lowest BCUT2D eigenvalue weighted by atomic mass is 9.85. The van der Waals surface area contributed by atoms with Crippen LogP contribution in [0.25, 0.3) is 0 Å². The van der Waals surface area contributed by atoms with Crippen LogP contribution in [-0.4, -0.2) is 32.4 Å². The van der Waals surface area contributed by atoms with Crippen LogP contribution < -0.4 is 0 Å². The molecule has 1 fully saturated rings. The Hall–Kier alpha value is -1.65. The van der Waals surface area contributed by atoms with Crippen LogP contribution in [0.2, 0.25) is 0 Å². The maximum atomic E-state index is 11.7. The van der Waals surface area contributed by atoms with Gasteiger partial charge in [-0.2, -0.15) is 0 Å². The predicted molar refractivity (Wildman–Crippen MR) is 54.4 cm³/mol. The van der Waals surface area contributed by atoms with Crippen LogP contribution in [0.15, 0.2) is 12.2 Å². The number of carbonyl (C=O) groups excluding carboxylic acids is 3. The Kier molecular flexibility index (Phi) is 3.47. The van der Waals surface area contributed by atoms with E-state index in [1.54, 1.807) is 0 Å². The van der Waals surface area contributed by atoms with Crippen LogP contribution in [0.3, 0.4) is 0 Å². The van der Waals surface area contributed by atoms with Gasteiger partial charge in [0.1, 0.15) is 6.29 Å². The number of hydrogen-bond donors (Lipinski definition) is 0. The van der Waals surface area contributed by atoms with Gasteiger partial charge in [-0.05, 0) is 12.8 Å². The smallest absolute Gasteiger partial charge is 0.323 e. The molecule has 1 atom stereocenters. The van der Waals surface area contributed by atoms with E-state index in [1.165, 1.54) is 14.2 Å². The minimum Gasteiger partial charge on any atom is -0.468 e. The number of rotatable bonds is 3. The van der Waals surface area contributed by atoms with E-state index in [2.05, 4.69) is 16.1 Å². The molecule has 1 rings (SSSR count). The van der Waals surface area contributed by atoms with Crippen LogP contribution >= 0.6 is 0 Å². The molecule has 0 amide bonds. The highest BCUT2D eigenvalue weighted by Gasteiger charge is 2.54. The number of aldehydes is 1. The molecule has 0 saturated heterocycles. The Bertz CT molecular complexity index is 328. The number of carbonyl (C=O) groups is 3. The van der Waals surface area contributed by atoms with Crippen molar-refractivity contribution in [3.8, 4) is 0 Å². The van der Waals surface area contributed by atoms with Gasteiger partial charge in [-0.3, -0.25) is 9.59 Å². The van der Waals surface area contributed by atoms with Crippen molar-refractivity contribution >= 4 is 18.2 Å². The highest BCUT2D eigenvalue weighted by atomic mass is 16.5. The first-order valence-corrected chi connectivity index (χ1v) is 4.81. The van der Waals surface area contributed by atoms with E-state index < -0.39 is 23.3 Å². The molecule has 0 radical (unpaired) electrons. The highest BCUT2D eigenvalue weighted by Crippen LogP contribution is 2.45. The van der Waals surface area contributed by atoms with Gasteiger partial charge < -0.3 is 14.3 Å². The summed E-state index contributed by atoms with van der Waals surface area (Å²) >= 11 is 0. The van der Waals surface area contributed by atoms with Crippen molar-refractivity contribution in [2.75, 3.05) is 14.2 Å². The van der Waals surface area contributed by atoms with E-state index in [0.29, 0.717) is 11.9 Å². The minimum atomic E-state index is -1.40. The number of hydrogen-bond acceptors (Lipinski definition) is 5. The van der Waals surface area contributed by atoms with Gasteiger partial charge in [-0.1, -0.05) is 12.2 Å². The molecule has 1 unspecified atom stereocenters. The van der Waals surface area contributed by atoms with E-state index in [-0.39, 0.29) is 12.8 Å². The fourth-order valence-corrected chi connectivity index (χ4v) is 2.04. The summed E-state index contributed by atoms with van der Waals surface area (Å²) in [6.45, 7) is 3.69. The first-order chi connectivity index (χ1) is 7.51. The molecule has 0 aromatic carbocycles. The molecule has 0 aliphatic heterocycles. The van der Waals surface area contributed by atoms with Crippen molar-refractivity contribution in [1.29, 1.82) is 0 Å². The summed E-state index contributed by atoms with van der Waals surface area (Å²) in [7, 11) is 2.40. The van der Waals surface area contributed by atoms with Gasteiger partial charge >= 0.3 is 11.9 Å². The number of allylic oxidation sites excluding steroid dienone is 1. The average Bonchev–Trinajstić information content (AvgIpc) is 2.65. The summed E-state index contributed by atoms with van der Waals surface area (Å²) in [5.74, 6) is -1.84. The summed E-state index contributed by atoms with van der Waals surface area (Å²) in [6, 6.07) is 0. The number of ether oxygens (including phenoxy) is 2. The van der Waals surface area contributed by atoms with Gasteiger partial charge in [-0.25, -0.2) is 0 Å². The average molecular weight is 226 g/mol. The van der Waals surface area contributed by atoms with Crippen molar-refractivity contribution in [3.05, 3.63) is 12.2 Å². The number of esters is 2. The minimum absolute atomic E-state index is 0.0781. The maximum Gasteiger partial charge on any atom is 0.323 e. The van der Waals surface area contributed by atoms with E-state index in [9.17, 15) is 14.4 Å². The molecule has 0 heterocycles. The van der Waals surface area contributed by atoms with Crippen molar-refractivity contribution in [1.82, 2.24) is 0 Å². The zero-order valence-corrected chi connectivity index (χ0v) is 9.32. The zero-order chi connectivity index (χ0) is 12.3. The van der Waals surface area contributed by atoms with Gasteiger partial charge in [0, 0.05) is 5.92 Å². The second-order valence-electron chi connectivity index (χ2n) is 3.85. The molecule has 1 saturated carbocycles.